The summed E-state index contributed by atoms with van der Waals surface area (Å²) in [6.45, 7) is 1.69. The van der Waals surface area contributed by atoms with Gasteiger partial charge in [-0.05, 0) is 17.7 Å². The van der Waals surface area contributed by atoms with Crippen molar-refractivity contribution in [1.29, 1.82) is 0 Å². The lowest BCUT2D eigenvalue weighted by Crippen LogP contribution is -2.52. The van der Waals surface area contributed by atoms with Crippen molar-refractivity contribution in [2.24, 2.45) is 5.92 Å². The van der Waals surface area contributed by atoms with Crippen molar-refractivity contribution in [2.45, 2.75) is 12.3 Å². The van der Waals surface area contributed by atoms with E-state index in [2.05, 4.69) is 14.1 Å². The molecular weight excluding hydrogens is 250 g/mol. The Morgan fingerprint density at radius 3 is 2.50 bits per heavy atom. The molecule has 0 saturated carbocycles. The number of hydrogen-bond acceptors (Lipinski definition) is 1. The average Bonchev–Trinajstić information content (AvgIpc) is 2.29. The van der Waals surface area contributed by atoms with Crippen LogP contribution in [0, 0.1) is 5.92 Å². The predicted molar refractivity (Wildman–Crippen MR) is 71.8 cm³/mol. The summed E-state index contributed by atoms with van der Waals surface area (Å²) < 4.78 is 0.779. The highest BCUT2D eigenvalue weighted by molar-refractivity contribution is 6.30. The normalized spacial score (nSPS) is 26.8. The molecule has 1 aliphatic heterocycles. The monoisotopic (exact) mass is 268 g/mol. The number of rotatable bonds is 2. The van der Waals surface area contributed by atoms with Gasteiger partial charge in [0.25, 0.3) is 0 Å². The van der Waals surface area contributed by atoms with Gasteiger partial charge in [0.1, 0.15) is 5.92 Å². The number of halogens is 1. The average molecular weight is 269 g/mol. The zero-order chi connectivity index (χ0) is 13.3. The molecular formula is C14H19ClNO2+. The number of quaternary nitrogens is 1. The van der Waals surface area contributed by atoms with E-state index in [1.807, 2.05) is 24.3 Å². The maximum atomic E-state index is 11.5. The van der Waals surface area contributed by atoms with Crippen LogP contribution in [0.2, 0.25) is 5.02 Å². The van der Waals surface area contributed by atoms with Crippen molar-refractivity contribution < 1.29 is 14.4 Å². The Bertz CT molecular complexity index is 442. The molecule has 3 nitrogen and oxygen atoms in total. The van der Waals surface area contributed by atoms with Crippen LogP contribution < -0.4 is 0 Å². The number of carbonyl (C=O) groups is 1. The van der Waals surface area contributed by atoms with Gasteiger partial charge >= 0.3 is 5.97 Å². The lowest BCUT2D eigenvalue weighted by Gasteiger charge is -2.40. The summed E-state index contributed by atoms with van der Waals surface area (Å²) in [6.07, 6.45) is 0.908. The van der Waals surface area contributed by atoms with Crippen LogP contribution in [0.15, 0.2) is 24.3 Å². The summed E-state index contributed by atoms with van der Waals surface area (Å²) in [5, 5.41) is 10.1. The first-order chi connectivity index (χ1) is 8.39. The highest BCUT2D eigenvalue weighted by Gasteiger charge is 2.40. The third kappa shape index (κ3) is 2.85. The van der Waals surface area contributed by atoms with Gasteiger partial charge in [-0.15, -0.1) is 0 Å². The highest BCUT2D eigenvalue weighted by atomic mass is 35.5. The molecule has 0 radical (unpaired) electrons. The fraction of sp³-hybridized carbons (Fsp3) is 0.500. The number of piperidine rings is 1. The van der Waals surface area contributed by atoms with E-state index in [0.717, 1.165) is 23.0 Å². The highest BCUT2D eigenvalue weighted by Crippen LogP contribution is 2.35. The minimum absolute atomic E-state index is 0.103. The summed E-state index contributed by atoms with van der Waals surface area (Å²) in [5.74, 6) is -0.901. The molecule has 0 bridgehead atoms. The Labute approximate surface area is 113 Å². The van der Waals surface area contributed by atoms with Gasteiger partial charge in [-0.2, -0.15) is 0 Å². The molecule has 1 fully saturated rings. The number of likely N-dealkylation sites (tertiary alicyclic amines) is 1. The molecule has 1 saturated heterocycles. The molecule has 1 N–H and O–H groups in total. The van der Waals surface area contributed by atoms with Crippen molar-refractivity contribution in [3.8, 4) is 0 Å². The second kappa shape index (κ2) is 4.90. The van der Waals surface area contributed by atoms with Gasteiger partial charge in [0.05, 0.1) is 27.2 Å². The third-order valence-electron chi connectivity index (χ3n) is 3.84. The zero-order valence-corrected chi connectivity index (χ0v) is 11.5. The molecule has 1 aromatic carbocycles. The van der Waals surface area contributed by atoms with E-state index in [4.69, 9.17) is 11.6 Å². The van der Waals surface area contributed by atoms with Crippen LogP contribution in [0.4, 0.5) is 0 Å². The van der Waals surface area contributed by atoms with Gasteiger partial charge < -0.3 is 9.59 Å². The summed E-state index contributed by atoms with van der Waals surface area (Å²) in [6, 6.07) is 7.58. The molecule has 0 aromatic heterocycles. The lowest BCUT2D eigenvalue weighted by molar-refractivity contribution is -0.898. The molecule has 98 valence electrons. The van der Waals surface area contributed by atoms with Crippen LogP contribution in [-0.2, 0) is 4.79 Å². The molecule has 0 amide bonds. The molecule has 2 rings (SSSR count). The molecule has 4 heteroatoms. The van der Waals surface area contributed by atoms with E-state index in [-0.39, 0.29) is 11.8 Å². The van der Waals surface area contributed by atoms with E-state index in [9.17, 15) is 9.90 Å². The SMILES string of the molecule is C[N+]1(C)CC[C@@H](c2ccc(Cl)cc2)[C@@H](C(=O)O)C1. The smallest absolute Gasteiger partial charge is 0.312 e. The van der Waals surface area contributed by atoms with Gasteiger partial charge in [-0.3, -0.25) is 4.79 Å². The van der Waals surface area contributed by atoms with Crippen molar-refractivity contribution in [3.05, 3.63) is 34.9 Å². The van der Waals surface area contributed by atoms with E-state index in [1.165, 1.54) is 0 Å². The van der Waals surface area contributed by atoms with Crippen LogP contribution in [-0.4, -0.2) is 42.7 Å². The lowest BCUT2D eigenvalue weighted by atomic mass is 9.80. The molecule has 0 spiro atoms. The van der Waals surface area contributed by atoms with Crippen molar-refractivity contribution in [1.82, 2.24) is 0 Å². The maximum absolute atomic E-state index is 11.5. The molecule has 18 heavy (non-hydrogen) atoms. The Kier molecular flexibility index (Phi) is 3.64. The van der Waals surface area contributed by atoms with E-state index >= 15 is 0 Å². The first kappa shape index (κ1) is 13.4. The fourth-order valence-electron chi connectivity index (χ4n) is 2.80. The van der Waals surface area contributed by atoms with Crippen molar-refractivity contribution in [2.75, 3.05) is 27.2 Å². The van der Waals surface area contributed by atoms with E-state index < -0.39 is 5.97 Å². The van der Waals surface area contributed by atoms with Gasteiger partial charge in [-0.25, -0.2) is 0 Å². The van der Waals surface area contributed by atoms with Gasteiger partial charge in [0.15, 0.2) is 0 Å². The van der Waals surface area contributed by atoms with Crippen LogP contribution >= 0.6 is 11.6 Å². The second-order valence-electron chi connectivity index (χ2n) is 5.73. The van der Waals surface area contributed by atoms with Crippen molar-refractivity contribution in [3.63, 3.8) is 0 Å². The molecule has 1 aliphatic rings. The predicted octanol–water partition coefficient (Wildman–Crippen LogP) is 2.60. The van der Waals surface area contributed by atoms with Gasteiger partial charge in [-0.1, -0.05) is 23.7 Å². The number of carboxylic acid groups (broad SMARTS) is 1. The topological polar surface area (TPSA) is 37.3 Å². The minimum atomic E-state index is -0.694. The maximum Gasteiger partial charge on any atom is 0.312 e. The third-order valence-corrected chi connectivity index (χ3v) is 4.09. The second-order valence-corrected chi connectivity index (χ2v) is 6.17. The summed E-state index contributed by atoms with van der Waals surface area (Å²) in [4.78, 5) is 11.5. The first-order valence-corrected chi connectivity index (χ1v) is 6.57. The fourth-order valence-corrected chi connectivity index (χ4v) is 2.93. The first-order valence-electron chi connectivity index (χ1n) is 6.19. The Morgan fingerprint density at radius 1 is 1.33 bits per heavy atom. The minimum Gasteiger partial charge on any atom is -0.481 e. The van der Waals surface area contributed by atoms with Crippen molar-refractivity contribution >= 4 is 17.6 Å². The number of aliphatic carboxylic acids is 1. The Morgan fingerprint density at radius 2 is 1.94 bits per heavy atom. The molecule has 1 aromatic rings. The van der Waals surface area contributed by atoms with Gasteiger partial charge in [0.2, 0.25) is 0 Å². The van der Waals surface area contributed by atoms with E-state index in [1.54, 1.807) is 0 Å². The zero-order valence-electron chi connectivity index (χ0n) is 10.8. The van der Waals surface area contributed by atoms with Crippen LogP contribution in [0.3, 0.4) is 0 Å². The number of carboxylic acids is 1. The Hall–Kier alpha value is -1.06. The van der Waals surface area contributed by atoms with E-state index in [0.29, 0.717) is 11.6 Å². The Balaban J connectivity index is 2.26. The summed E-state index contributed by atoms with van der Waals surface area (Å²) in [7, 11) is 4.18. The molecule has 2 atom stereocenters. The van der Waals surface area contributed by atoms with Crippen LogP contribution in [0.5, 0.6) is 0 Å². The van der Waals surface area contributed by atoms with Crippen LogP contribution in [0.25, 0.3) is 0 Å². The number of nitrogens with zero attached hydrogens (tertiary/aromatic N) is 1. The van der Waals surface area contributed by atoms with Gasteiger partial charge in [0, 0.05) is 17.4 Å². The van der Waals surface area contributed by atoms with Crippen LogP contribution in [0.1, 0.15) is 17.9 Å². The standard InChI is InChI=1S/C14H18ClNO2/c1-16(2)8-7-12(13(9-16)14(17)18)10-3-5-11(15)6-4-10/h3-6,12-13H,7-9H2,1-2H3/p+1/t12-,13-/m0/s1. The molecule has 0 aliphatic carbocycles. The quantitative estimate of drug-likeness (QED) is 0.837. The number of hydrogen-bond donors (Lipinski definition) is 1. The summed E-state index contributed by atoms with van der Waals surface area (Å²) in [5.41, 5.74) is 1.09. The number of benzene rings is 1. The largest absolute Gasteiger partial charge is 0.481 e. The molecule has 1 heterocycles. The molecule has 0 unspecified atom stereocenters. The summed E-state index contributed by atoms with van der Waals surface area (Å²) >= 11 is 5.88.